The molecule has 7 heteroatoms. The Balaban J connectivity index is 1.91. The molecule has 0 aliphatic carbocycles. The van der Waals surface area contributed by atoms with Gasteiger partial charge in [-0.05, 0) is 13.3 Å². The van der Waals surface area contributed by atoms with Gasteiger partial charge < -0.3 is 19.9 Å². The lowest BCUT2D eigenvalue weighted by atomic mass is 10.2. The molecule has 126 valence electrons. The second-order valence-electron chi connectivity index (χ2n) is 6.00. The van der Waals surface area contributed by atoms with E-state index < -0.39 is 0 Å². The van der Waals surface area contributed by atoms with Gasteiger partial charge in [0.2, 0.25) is 5.91 Å². The van der Waals surface area contributed by atoms with E-state index in [9.17, 15) is 4.79 Å². The number of hydrogen-bond acceptors (Lipinski definition) is 4. The summed E-state index contributed by atoms with van der Waals surface area (Å²) in [7, 11) is 3.52. The molecule has 22 heavy (non-hydrogen) atoms. The maximum Gasteiger partial charge on any atom is 0.243 e. The molecule has 0 saturated carbocycles. The molecule has 2 rings (SSSR count). The number of amides is 1. The zero-order chi connectivity index (χ0) is 15.9. The van der Waals surface area contributed by atoms with Crippen molar-refractivity contribution in [1.82, 2.24) is 20.0 Å². The van der Waals surface area contributed by atoms with Gasteiger partial charge in [-0.1, -0.05) is 0 Å². The highest BCUT2D eigenvalue weighted by Gasteiger charge is 2.30. The second-order valence-corrected chi connectivity index (χ2v) is 6.00. The summed E-state index contributed by atoms with van der Waals surface area (Å²) in [5.41, 5.74) is 0. The Labute approximate surface area is 133 Å². The standard InChI is InChI=1S/C15H29N5O2/c1-4-16-15(17-11-14(21)18(2)3)20-6-5-13(12-20)19-7-9-22-10-8-19/h13H,4-12H2,1-3H3,(H,16,17). The zero-order valence-corrected chi connectivity index (χ0v) is 14.0. The van der Waals surface area contributed by atoms with Crippen LogP contribution in [0, 0.1) is 0 Å². The third-order valence-corrected chi connectivity index (χ3v) is 4.22. The molecule has 0 aromatic carbocycles. The van der Waals surface area contributed by atoms with E-state index in [0.29, 0.717) is 6.04 Å². The van der Waals surface area contributed by atoms with Crippen LogP contribution in [-0.2, 0) is 9.53 Å². The van der Waals surface area contributed by atoms with E-state index >= 15 is 0 Å². The monoisotopic (exact) mass is 311 g/mol. The number of carbonyl (C=O) groups is 1. The zero-order valence-electron chi connectivity index (χ0n) is 14.0. The van der Waals surface area contributed by atoms with Crippen molar-refractivity contribution in [2.24, 2.45) is 4.99 Å². The largest absolute Gasteiger partial charge is 0.379 e. The van der Waals surface area contributed by atoms with E-state index in [0.717, 1.165) is 58.3 Å². The number of carbonyl (C=O) groups excluding carboxylic acids is 1. The first-order valence-corrected chi connectivity index (χ1v) is 8.17. The average molecular weight is 311 g/mol. The maximum atomic E-state index is 11.7. The lowest BCUT2D eigenvalue weighted by Gasteiger charge is -2.32. The van der Waals surface area contributed by atoms with Crippen LogP contribution in [-0.4, -0.2) is 99.2 Å². The number of rotatable bonds is 4. The molecule has 2 heterocycles. The first-order valence-electron chi connectivity index (χ1n) is 8.17. The van der Waals surface area contributed by atoms with E-state index in [-0.39, 0.29) is 12.5 Å². The molecule has 0 bridgehead atoms. The number of hydrogen-bond donors (Lipinski definition) is 1. The predicted molar refractivity (Wildman–Crippen MR) is 87.0 cm³/mol. The number of nitrogens with zero attached hydrogens (tertiary/aromatic N) is 4. The summed E-state index contributed by atoms with van der Waals surface area (Å²) in [5.74, 6) is 0.882. The van der Waals surface area contributed by atoms with Crippen molar-refractivity contribution in [3.63, 3.8) is 0 Å². The molecule has 2 aliphatic heterocycles. The molecular weight excluding hydrogens is 282 g/mol. The van der Waals surface area contributed by atoms with E-state index in [4.69, 9.17) is 4.74 Å². The quantitative estimate of drug-likeness (QED) is 0.557. The number of ether oxygens (including phenoxy) is 1. The number of morpholine rings is 1. The molecule has 0 aromatic rings. The van der Waals surface area contributed by atoms with Crippen LogP contribution in [0.1, 0.15) is 13.3 Å². The van der Waals surface area contributed by atoms with Crippen molar-refractivity contribution >= 4 is 11.9 Å². The fraction of sp³-hybridized carbons (Fsp3) is 0.867. The smallest absolute Gasteiger partial charge is 0.243 e. The summed E-state index contributed by atoms with van der Waals surface area (Å²) in [6.45, 7) is 8.74. The summed E-state index contributed by atoms with van der Waals surface area (Å²) >= 11 is 0. The molecule has 1 atom stereocenters. The van der Waals surface area contributed by atoms with Crippen LogP contribution < -0.4 is 5.32 Å². The summed E-state index contributed by atoms with van der Waals surface area (Å²) in [5, 5.41) is 3.30. The van der Waals surface area contributed by atoms with Crippen molar-refractivity contribution in [2.75, 3.05) is 66.6 Å². The molecule has 0 aromatic heterocycles. The minimum Gasteiger partial charge on any atom is -0.379 e. The topological polar surface area (TPSA) is 60.4 Å². The van der Waals surface area contributed by atoms with Crippen molar-refractivity contribution in [3.05, 3.63) is 0 Å². The van der Waals surface area contributed by atoms with Crippen LogP contribution in [0.25, 0.3) is 0 Å². The Hall–Kier alpha value is -1.34. The summed E-state index contributed by atoms with van der Waals surface area (Å²) in [6, 6.07) is 0.567. The van der Waals surface area contributed by atoms with Gasteiger partial charge in [0.25, 0.3) is 0 Å². The number of nitrogens with one attached hydrogen (secondary N) is 1. The normalized spacial score (nSPS) is 23.7. The Bertz CT molecular complexity index is 393. The highest BCUT2D eigenvalue weighted by molar-refractivity contribution is 5.85. The second kappa shape index (κ2) is 8.33. The van der Waals surface area contributed by atoms with Crippen LogP contribution in [0.4, 0.5) is 0 Å². The first kappa shape index (κ1) is 17.0. The minimum atomic E-state index is 0.0272. The molecule has 2 saturated heterocycles. The number of likely N-dealkylation sites (N-methyl/N-ethyl adjacent to an activating group) is 1. The molecule has 2 aliphatic rings. The number of aliphatic imine (C=N–C) groups is 1. The third-order valence-electron chi connectivity index (χ3n) is 4.22. The maximum absolute atomic E-state index is 11.7. The van der Waals surface area contributed by atoms with Crippen molar-refractivity contribution in [3.8, 4) is 0 Å². The van der Waals surface area contributed by atoms with Gasteiger partial charge in [0.1, 0.15) is 6.54 Å². The Kier molecular flexibility index (Phi) is 6.45. The SMILES string of the molecule is CCNC(=NCC(=O)N(C)C)N1CCC(N2CCOCC2)C1. The molecule has 1 unspecified atom stereocenters. The first-order chi connectivity index (χ1) is 10.6. The van der Waals surface area contributed by atoms with Crippen LogP contribution in [0.3, 0.4) is 0 Å². The van der Waals surface area contributed by atoms with E-state index in [1.54, 1.807) is 19.0 Å². The Morgan fingerprint density at radius 1 is 1.32 bits per heavy atom. The molecule has 2 fully saturated rings. The van der Waals surface area contributed by atoms with E-state index in [2.05, 4.69) is 27.0 Å². The average Bonchev–Trinajstić information content (AvgIpc) is 3.01. The molecule has 0 radical (unpaired) electrons. The minimum absolute atomic E-state index is 0.0272. The molecule has 1 amide bonds. The van der Waals surface area contributed by atoms with Crippen LogP contribution in [0.15, 0.2) is 4.99 Å². The third kappa shape index (κ3) is 4.58. The molecule has 1 N–H and O–H groups in total. The number of guanidine groups is 1. The highest BCUT2D eigenvalue weighted by Crippen LogP contribution is 2.17. The van der Waals surface area contributed by atoms with Gasteiger partial charge in [-0.2, -0.15) is 0 Å². The summed E-state index contributed by atoms with van der Waals surface area (Å²) < 4.78 is 5.43. The molecular formula is C15H29N5O2. The van der Waals surface area contributed by atoms with Crippen LogP contribution >= 0.6 is 0 Å². The van der Waals surface area contributed by atoms with Crippen molar-refractivity contribution < 1.29 is 9.53 Å². The van der Waals surface area contributed by atoms with E-state index in [1.807, 2.05) is 0 Å². The van der Waals surface area contributed by atoms with Gasteiger partial charge >= 0.3 is 0 Å². The summed E-state index contributed by atoms with van der Waals surface area (Å²) in [6.07, 6.45) is 1.14. The summed E-state index contributed by atoms with van der Waals surface area (Å²) in [4.78, 5) is 22.6. The highest BCUT2D eigenvalue weighted by atomic mass is 16.5. The van der Waals surface area contributed by atoms with Gasteiger partial charge in [0, 0.05) is 52.9 Å². The lowest BCUT2D eigenvalue weighted by molar-refractivity contribution is -0.127. The van der Waals surface area contributed by atoms with Gasteiger partial charge in [0.05, 0.1) is 13.2 Å². The molecule has 0 spiro atoms. The van der Waals surface area contributed by atoms with Gasteiger partial charge in [-0.25, -0.2) is 4.99 Å². The predicted octanol–water partition coefficient (Wildman–Crippen LogP) is -0.553. The van der Waals surface area contributed by atoms with Gasteiger partial charge in [-0.15, -0.1) is 0 Å². The van der Waals surface area contributed by atoms with Crippen LogP contribution in [0.5, 0.6) is 0 Å². The fourth-order valence-corrected chi connectivity index (χ4v) is 2.88. The van der Waals surface area contributed by atoms with Gasteiger partial charge in [-0.3, -0.25) is 9.69 Å². The van der Waals surface area contributed by atoms with Crippen LogP contribution in [0.2, 0.25) is 0 Å². The van der Waals surface area contributed by atoms with E-state index in [1.165, 1.54) is 0 Å². The Morgan fingerprint density at radius 2 is 2.05 bits per heavy atom. The Morgan fingerprint density at radius 3 is 2.68 bits per heavy atom. The fourth-order valence-electron chi connectivity index (χ4n) is 2.88. The number of likely N-dealkylation sites (tertiary alicyclic amines) is 1. The lowest BCUT2D eigenvalue weighted by Crippen LogP contribution is -2.46. The van der Waals surface area contributed by atoms with Gasteiger partial charge in [0.15, 0.2) is 5.96 Å². The molecule has 7 nitrogen and oxygen atoms in total. The van der Waals surface area contributed by atoms with Crippen molar-refractivity contribution in [2.45, 2.75) is 19.4 Å². The van der Waals surface area contributed by atoms with Crippen molar-refractivity contribution in [1.29, 1.82) is 0 Å².